The molecule has 0 atom stereocenters. The normalized spacial score (nSPS) is 24.2. The standard InChI is InChI=1S/C17H26N4O3/c1-20(2)16-18-11-13-3-8-24-17(15(13)19-16)4-6-21(7-5-17)12-14-22-9-10-23-14/h11,14H,3-10,12H2,1-2H3. The quantitative estimate of drug-likeness (QED) is 0.809. The number of rotatable bonds is 3. The number of piperidine rings is 1. The fourth-order valence-corrected chi connectivity index (χ4v) is 3.82. The first kappa shape index (κ1) is 16.2. The molecule has 0 saturated carbocycles. The van der Waals surface area contributed by atoms with E-state index < -0.39 is 0 Å². The minimum absolute atomic E-state index is 0.0683. The Morgan fingerprint density at radius 2 is 1.96 bits per heavy atom. The van der Waals surface area contributed by atoms with Gasteiger partial charge in [0.1, 0.15) is 5.60 Å². The van der Waals surface area contributed by atoms with Crippen LogP contribution in [-0.2, 0) is 26.2 Å². The highest BCUT2D eigenvalue weighted by atomic mass is 16.7. The number of likely N-dealkylation sites (tertiary alicyclic amines) is 1. The van der Waals surface area contributed by atoms with Gasteiger partial charge in [-0.25, -0.2) is 9.97 Å². The molecule has 0 aliphatic carbocycles. The zero-order chi connectivity index (χ0) is 16.6. The number of aromatic nitrogens is 2. The van der Waals surface area contributed by atoms with Gasteiger partial charge in [-0.15, -0.1) is 0 Å². The third kappa shape index (κ3) is 3.01. The van der Waals surface area contributed by atoms with Crippen LogP contribution in [0.25, 0.3) is 0 Å². The molecule has 0 unspecified atom stereocenters. The number of ether oxygens (including phenoxy) is 3. The molecular formula is C17H26N4O3. The molecule has 24 heavy (non-hydrogen) atoms. The Bertz CT molecular complexity index is 581. The van der Waals surface area contributed by atoms with Crippen LogP contribution < -0.4 is 4.90 Å². The lowest BCUT2D eigenvalue weighted by Gasteiger charge is -2.44. The highest BCUT2D eigenvalue weighted by Crippen LogP contribution is 2.40. The van der Waals surface area contributed by atoms with E-state index in [4.69, 9.17) is 19.2 Å². The van der Waals surface area contributed by atoms with Gasteiger partial charge in [-0.1, -0.05) is 0 Å². The summed E-state index contributed by atoms with van der Waals surface area (Å²) in [4.78, 5) is 13.7. The first-order chi connectivity index (χ1) is 11.7. The summed E-state index contributed by atoms with van der Waals surface area (Å²) in [5, 5.41) is 0. The second kappa shape index (κ2) is 6.55. The summed E-state index contributed by atoms with van der Waals surface area (Å²) in [7, 11) is 3.95. The monoisotopic (exact) mass is 334 g/mol. The maximum Gasteiger partial charge on any atom is 0.225 e. The summed E-state index contributed by atoms with van der Waals surface area (Å²) < 4.78 is 17.4. The summed E-state index contributed by atoms with van der Waals surface area (Å²) in [5.41, 5.74) is 2.08. The summed E-state index contributed by atoms with van der Waals surface area (Å²) in [6.45, 7) is 4.97. The molecule has 2 saturated heterocycles. The molecule has 3 aliphatic rings. The lowest BCUT2D eigenvalue weighted by molar-refractivity contribution is -0.117. The van der Waals surface area contributed by atoms with Crippen LogP contribution in [0.1, 0.15) is 24.1 Å². The SMILES string of the molecule is CN(C)c1ncc2c(n1)C1(CCN(CC3OCCO3)CC1)OCC2. The molecular weight excluding hydrogens is 308 g/mol. The molecule has 1 aromatic rings. The van der Waals surface area contributed by atoms with Crippen LogP contribution in [0.2, 0.25) is 0 Å². The van der Waals surface area contributed by atoms with Crippen molar-refractivity contribution in [3.63, 3.8) is 0 Å². The van der Waals surface area contributed by atoms with Gasteiger partial charge in [0.15, 0.2) is 6.29 Å². The van der Waals surface area contributed by atoms with Gasteiger partial charge in [-0.05, 0) is 24.8 Å². The van der Waals surface area contributed by atoms with Crippen molar-refractivity contribution in [2.45, 2.75) is 31.2 Å². The van der Waals surface area contributed by atoms with E-state index >= 15 is 0 Å². The highest BCUT2D eigenvalue weighted by Gasteiger charge is 2.43. The number of hydrogen-bond acceptors (Lipinski definition) is 7. The number of fused-ring (bicyclic) bond motifs is 2. The Labute approximate surface area is 142 Å². The van der Waals surface area contributed by atoms with Gasteiger partial charge in [0.2, 0.25) is 5.95 Å². The number of anilines is 1. The van der Waals surface area contributed by atoms with Crippen molar-refractivity contribution in [3.05, 3.63) is 17.5 Å². The summed E-state index contributed by atoms with van der Waals surface area (Å²) >= 11 is 0. The van der Waals surface area contributed by atoms with Crippen molar-refractivity contribution in [2.75, 3.05) is 58.5 Å². The van der Waals surface area contributed by atoms with E-state index in [9.17, 15) is 0 Å². The minimum Gasteiger partial charge on any atom is -0.368 e. The highest BCUT2D eigenvalue weighted by molar-refractivity contribution is 5.35. The van der Waals surface area contributed by atoms with Crippen molar-refractivity contribution < 1.29 is 14.2 Å². The molecule has 7 heteroatoms. The van der Waals surface area contributed by atoms with E-state index in [1.165, 1.54) is 5.56 Å². The maximum atomic E-state index is 6.29. The molecule has 0 amide bonds. The van der Waals surface area contributed by atoms with Crippen LogP contribution in [0.15, 0.2) is 6.20 Å². The van der Waals surface area contributed by atoms with Gasteiger partial charge < -0.3 is 19.1 Å². The fraction of sp³-hybridized carbons (Fsp3) is 0.765. The van der Waals surface area contributed by atoms with Crippen LogP contribution >= 0.6 is 0 Å². The zero-order valence-electron chi connectivity index (χ0n) is 14.5. The Balaban J connectivity index is 1.50. The fourth-order valence-electron chi connectivity index (χ4n) is 3.82. The Hall–Kier alpha value is -1.28. The molecule has 132 valence electrons. The Kier molecular flexibility index (Phi) is 4.42. The van der Waals surface area contributed by atoms with Gasteiger partial charge in [0, 0.05) is 39.9 Å². The first-order valence-electron chi connectivity index (χ1n) is 8.79. The van der Waals surface area contributed by atoms with Crippen molar-refractivity contribution in [2.24, 2.45) is 0 Å². The van der Waals surface area contributed by atoms with Crippen LogP contribution in [0, 0.1) is 0 Å². The number of nitrogens with zero attached hydrogens (tertiary/aromatic N) is 4. The Morgan fingerprint density at radius 1 is 1.21 bits per heavy atom. The predicted octanol–water partition coefficient (Wildman–Crippen LogP) is 0.779. The van der Waals surface area contributed by atoms with Crippen molar-refractivity contribution in [1.29, 1.82) is 0 Å². The lowest BCUT2D eigenvalue weighted by atomic mass is 9.83. The van der Waals surface area contributed by atoms with Crippen LogP contribution in [0.4, 0.5) is 5.95 Å². The second-order valence-electron chi connectivity index (χ2n) is 7.00. The smallest absolute Gasteiger partial charge is 0.225 e. The largest absolute Gasteiger partial charge is 0.368 e. The van der Waals surface area contributed by atoms with E-state index in [1.54, 1.807) is 0 Å². The van der Waals surface area contributed by atoms with E-state index in [0.29, 0.717) is 13.2 Å². The third-order valence-electron chi connectivity index (χ3n) is 5.19. The maximum absolute atomic E-state index is 6.29. The molecule has 1 aromatic heterocycles. The van der Waals surface area contributed by atoms with Crippen LogP contribution in [0.5, 0.6) is 0 Å². The third-order valence-corrected chi connectivity index (χ3v) is 5.19. The van der Waals surface area contributed by atoms with Crippen LogP contribution in [0.3, 0.4) is 0 Å². The molecule has 1 spiro atoms. The van der Waals surface area contributed by atoms with Crippen LogP contribution in [-0.4, -0.2) is 74.7 Å². The Morgan fingerprint density at radius 3 is 2.67 bits per heavy atom. The molecule has 4 heterocycles. The molecule has 3 aliphatic heterocycles. The zero-order valence-corrected chi connectivity index (χ0v) is 14.5. The van der Waals surface area contributed by atoms with Gasteiger partial charge in [0.05, 0.1) is 25.5 Å². The van der Waals surface area contributed by atoms with E-state index in [2.05, 4.69) is 9.88 Å². The topological polar surface area (TPSA) is 60.0 Å². The van der Waals surface area contributed by atoms with Gasteiger partial charge in [-0.2, -0.15) is 0 Å². The van der Waals surface area contributed by atoms with Crippen molar-refractivity contribution >= 4 is 5.95 Å². The molecule has 0 radical (unpaired) electrons. The molecule has 4 rings (SSSR count). The van der Waals surface area contributed by atoms with E-state index in [1.807, 2.05) is 25.2 Å². The molecule has 0 bridgehead atoms. The number of hydrogen-bond donors (Lipinski definition) is 0. The van der Waals surface area contributed by atoms with Gasteiger partial charge in [-0.3, -0.25) is 4.90 Å². The summed E-state index contributed by atoms with van der Waals surface area (Å²) in [6, 6.07) is 0. The van der Waals surface area contributed by atoms with E-state index in [-0.39, 0.29) is 11.9 Å². The molecule has 0 aromatic carbocycles. The van der Waals surface area contributed by atoms with Crippen molar-refractivity contribution in [1.82, 2.24) is 14.9 Å². The average Bonchev–Trinajstić information content (AvgIpc) is 3.10. The predicted molar refractivity (Wildman–Crippen MR) is 89.1 cm³/mol. The van der Waals surface area contributed by atoms with Crippen molar-refractivity contribution in [3.8, 4) is 0 Å². The average molecular weight is 334 g/mol. The van der Waals surface area contributed by atoms with Gasteiger partial charge in [0.25, 0.3) is 0 Å². The minimum atomic E-state index is -0.255. The molecule has 0 N–H and O–H groups in total. The molecule has 2 fully saturated rings. The van der Waals surface area contributed by atoms with E-state index in [0.717, 1.165) is 57.1 Å². The summed E-state index contributed by atoms with van der Waals surface area (Å²) in [6.07, 6.45) is 4.72. The lowest BCUT2D eigenvalue weighted by Crippen LogP contribution is -2.49. The first-order valence-corrected chi connectivity index (χ1v) is 8.79. The molecule has 7 nitrogen and oxygen atoms in total. The van der Waals surface area contributed by atoms with Gasteiger partial charge >= 0.3 is 0 Å². The second-order valence-corrected chi connectivity index (χ2v) is 7.00. The summed E-state index contributed by atoms with van der Waals surface area (Å²) in [5.74, 6) is 0.758.